The Morgan fingerprint density at radius 2 is 1.63 bits per heavy atom. The summed E-state index contributed by atoms with van der Waals surface area (Å²) >= 11 is 0. The molecule has 1 amide bonds. The zero-order valence-corrected chi connectivity index (χ0v) is 17.2. The van der Waals surface area contributed by atoms with Crippen LogP contribution in [0.3, 0.4) is 0 Å². The summed E-state index contributed by atoms with van der Waals surface area (Å²) in [5.74, 6) is 1.61. The average Bonchev–Trinajstić information content (AvgIpc) is 2.78. The Morgan fingerprint density at radius 3 is 2.30 bits per heavy atom. The van der Waals surface area contributed by atoms with Crippen molar-refractivity contribution in [3.8, 4) is 17.2 Å². The summed E-state index contributed by atoms with van der Waals surface area (Å²) < 4.78 is 16.2. The fourth-order valence-electron chi connectivity index (χ4n) is 2.72. The molecule has 0 heterocycles. The molecule has 6 heteroatoms. The first kappa shape index (κ1) is 20.9. The van der Waals surface area contributed by atoms with E-state index in [1.165, 1.54) is 5.56 Å². The lowest BCUT2D eigenvalue weighted by Gasteiger charge is -2.08. The van der Waals surface area contributed by atoms with Crippen LogP contribution in [-0.2, 0) is 6.61 Å². The number of hydrogen-bond acceptors (Lipinski definition) is 5. The molecular weight excluding hydrogens is 380 g/mol. The zero-order valence-electron chi connectivity index (χ0n) is 17.2. The van der Waals surface area contributed by atoms with Crippen molar-refractivity contribution in [3.05, 3.63) is 89.0 Å². The molecular formula is C24H24N2O4. The number of nitrogens with one attached hydrogen (secondary N) is 1. The average molecular weight is 404 g/mol. The molecule has 0 unspecified atom stereocenters. The van der Waals surface area contributed by atoms with Gasteiger partial charge in [-0.1, -0.05) is 29.8 Å². The van der Waals surface area contributed by atoms with Crippen molar-refractivity contribution < 1.29 is 19.0 Å². The minimum absolute atomic E-state index is 0.309. The third kappa shape index (κ3) is 5.61. The second kappa shape index (κ2) is 10.1. The lowest BCUT2D eigenvalue weighted by Crippen LogP contribution is -2.17. The van der Waals surface area contributed by atoms with E-state index in [0.29, 0.717) is 29.4 Å². The molecule has 3 aromatic rings. The number of rotatable bonds is 8. The zero-order chi connectivity index (χ0) is 21.3. The van der Waals surface area contributed by atoms with Crippen molar-refractivity contribution >= 4 is 12.1 Å². The van der Waals surface area contributed by atoms with Gasteiger partial charge in [0.05, 0.1) is 20.4 Å². The van der Waals surface area contributed by atoms with Gasteiger partial charge in [-0.3, -0.25) is 4.79 Å². The summed E-state index contributed by atoms with van der Waals surface area (Å²) in [6, 6.07) is 20.5. The lowest BCUT2D eigenvalue weighted by molar-refractivity contribution is 0.0955. The Kier molecular flexibility index (Phi) is 7.05. The molecule has 0 fully saturated rings. The van der Waals surface area contributed by atoms with Gasteiger partial charge in [-0.25, -0.2) is 5.43 Å². The second-order valence-electron chi connectivity index (χ2n) is 6.61. The fourth-order valence-corrected chi connectivity index (χ4v) is 2.72. The van der Waals surface area contributed by atoms with Crippen LogP contribution in [-0.4, -0.2) is 26.3 Å². The van der Waals surface area contributed by atoms with Gasteiger partial charge >= 0.3 is 0 Å². The van der Waals surface area contributed by atoms with E-state index in [9.17, 15) is 4.79 Å². The van der Waals surface area contributed by atoms with Crippen LogP contribution in [0.4, 0.5) is 0 Å². The van der Waals surface area contributed by atoms with Crippen LogP contribution >= 0.6 is 0 Å². The SMILES string of the molecule is COc1ccc(/C=N\NC(=O)c2ccc(OCc3ccc(C)cc3)cc2)cc1OC. The lowest BCUT2D eigenvalue weighted by atomic mass is 10.2. The predicted molar refractivity (Wildman–Crippen MR) is 117 cm³/mol. The van der Waals surface area contributed by atoms with Crippen LogP contribution in [0.25, 0.3) is 0 Å². The van der Waals surface area contributed by atoms with E-state index in [0.717, 1.165) is 11.1 Å². The molecule has 0 saturated carbocycles. The van der Waals surface area contributed by atoms with Crippen LogP contribution in [0.5, 0.6) is 17.2 Å². The first-order chi connectivity index (χ1) is 14.6. The Balaban J connectivity index is 1.54. The number of amides is 1. The van der Waals surface area contributed by atoms with Crippen molar-refractivity contribution in [1.82, 2.24) is 5.43 Å². The van der Waals surface area contributed by atoms with Crippen molar-refractivity contribution in [3.63, 3.8) is 0 Å². The van der Waals surface area contributed by atoms with Crippen LogP contribution in [0.2, 0.25) is 0 Å². The molecule has 0 spiro atoms. The molecule has 6 nitrogen and oxygen atoms in total. The second-order valence-corrected chi connectivity index (χ2v) is 6.61. The maximum Gasteiger partial charge on any atom is 0.271 e. The highest BCUT2D eigenvalue weighted by molar-refractivity contribution is 5.95. The van der Waals surface area contributed by atoms with E-state index in [2.05, 4.69) is 22.7 Å². The van der Waals surface area contributed by atoms with E-state index >= 15 is 0 Å². The molecule has 0 aliphatic carbocycles. The monoisotopic (exact) mass is 404 g/mol. The van der Waals surface area contributed by atoms with Crippen LogP contribution in [0, 0.1) is 6.92 Å². The number of aryl methyl sites for hydroxylation is 1. The van der Waals surface area contributed by atoms with E-state index < -0.39 is 0 Å². The molecule has 0 radical (unpaired) electrons. The number of benzene rings is 3. The van der Waals surface area contributed by atoms with E-state index in [4.69, 9.17) is 14.2 Å². The van der Waals surface area contributed by atoms with E-state index in [1.807, 2.05) is 25.1 Å². The van der Waals surface area contributed by atoms with Crippen LogP contribution < -0.4 is 19.6 Å². The van der Waals surface area contributed by atoms with Gasteiger partial charge in [-0.15, -0.1) is 0 Å². The number of carbonyl (C=O) groups excluding carboxylic acids is 1. The van der Waals surface area contributed by atoms with Crippen molar-refractivity contribution in [2.24, 2.45) is 5.10 Å². The summed E-state index contributed by atoms with van der Waals surface area (Å²) in [5.41, 5.74) is 6.07. The summed E-state index contributed by atoms with van der Waals surface area (Å²) in [4.78, 5) is 12.3. The standard InChI is InChI=1S/C24H24N2O4/c1-17-4-6-18(7-5-17)16-30-21-11-9-20(10-12-21)24(27)26-25-15-19-8-13-22(28-2)23(14-19)29-3/h4-15H,16H2,1-3H3,(H,26,27)/b25-15-. The maximum absolute atomic E-state index is 12.3. The van der Waals surface area contributed by atoms with E-state index in [1.54, 1.807) is 56.8 Å². The summed E-state index contributed by atoms with van der Waals surface area (Å²) in [6.45, 7) is 2.52. The number of hydrogen-bond donors (Lipinski definition) is 1. The third-order valence-electron chi connectivity index (χ3n) is 4.43. The number of methoxy groups -OCH3 is 2. The highest BCUT2D eigenvalue weighted by Gasteiger charge is 2.06. The van der Waals surface area contributed by atoms with Crippen molar-refractivity contribution in [2.45, 2.75) is 13.5 Å². The normalized spacial score (nSPS) is 10.6. The smallest absolute Gasteiger partial charge is 0.271 e. The fraction of sp³-hybridized carbons (Fsp3) is 0.167. The van der Waals surface area contributed by atoms with Crippen molar-refractivity contribution in [2.75, 3.05) is 14.2 Å². The minimum Gasteiger partial charge on any atom is -0.493 e. The quantitative estimate of drug-likeness (QED) is 0.448. The minimum atomic E-state index is -0.309. The molecule has 0 atom stereocenters. The predicted octanol–water partition coefficient (Wildman–Crippen LogP) is 4.36. The molecule has 0 aromatic heterocycles. The molecule has 0 saturated heterocycles. The van der Waals surface area contributed by atoms with Crippen LogP contribution in [0.15, 0.2) is 71.8 Å². The topological polar surface area (TPSA) is 69.2 Å². The first-order valence-corrected chi connectivity index (χ1v) is 9.43. The molecule has 0 aliphatic heterocycles. The Labute approximate surface area is 176 Å². The van der Waals surface area contributed by atoms with Gasteiger partial charge in [-0.2, -0.15) is 5.10 Å². The highest BCUT2D eigenvalue weighted by Crippen LogP contribution is 2.26. The molecule has 0 aliphatic rings. The van der Waals surface area contributed by atoms with Crippen molar-refractivity contribution in [1.29, 1.82) is 0 Å². The molecule has 0 bridgehead atoms. The molecule has 3 rings (SSSR count). The highest BCUT2D eigenvalue weighted by atomic mass is 16.5. The van der Waals surface area contributed by atoms with Gasteiger partial charge in [0.2, 0.25) is 0 Å². The first-order valence-electron chi connectivity index (χ1n) is 9.43. The number of nitrogens with zero attached hydrogens (tertiary/aromatic N) is 1. The molecule has 3 aromatic carbocycles. The largest absolute Gasteiger partial charge is 0.493 e. The summed E-state index contributed by atoms with van der Waals surface area (Å²) in [7, 11) is 3.14. The third-order valence-corrected chi connectivity index (χ3v) is 4.43. The van der Waals surface area contributed by atoms with Gasteiger partial charge in [0, 0.05) is 5.56 Å². The molecule has 154 valence electrons. The maximum atomic E-state index is 12.3. The Bertz CT molecular complexity index is 1010. The van der Waals surface area contributed by atoms with Gasteiger partial charge in [0.1, 0.15) is 12.4 Å². The number of carbonyl (C=O) groups is 1. The Morgan fingerprint density at radius 1 is 0.933 bits per heavy atom. The molecule has 1 N–H and O–H groups in total. The van der Waals surface area contributed by atoms with Crippen LogP contribution in [0.1, 0.15) is 27.0 Å². The molecule has 30 heavy (non-hydrogen) atoms. The van der Waals surface area contributed by atoms with Gasteiger partial charge < -0.3 is 14.2 Å². The number of hydrazone groups is 1. The summed E-state index contributed by atoms with van der Waals surface area (Å²) in [5, 5.41) is 4.00. The Hall–Kier alpha value is -3.80. The van der Waals surface area contributed by atoms with E-state index in [-0.39, 0.29) is 5.91 Å². The number of ether oxygens (including phenoxy) is 3. The van der Waals surface area contributed by atoms with Gasteiger partial charge in [0.25, 0.3) is 5.91 Å². The summed E-state index contributed by atoms with van der Waals surface area (Å²) in [6.07, 6.45) is 1.54. The van der Waals surface area contributed by atoms with Gasteiger partial charge in [-0.05, 0) is 60.5 Å². The van der Waals surface area contributed by atoms with Gasteiger partial charge in [0.15, 0.2) is 11.5 Å².